The molecule has 4 nitrogen and oxygen atoms in total. The van der Waals surface area contributed by atoms with Crippen molar-refractivity contribution in [3.05, 3.63) is 28.8 Å². The van der Waals surface area contributed by atoms with E-state index in [1.54, 1.807) is 7.11 Å². The summed E-state index contributed by atoms with van der Waals surface area (Å²) < 4.78 is 5.66. The molecule has 1 unspecified atom stereocenters. The summed E-state index contributed by atoms with van der Waals surface area (Å²) >= 11 is 0. The Labute approximate surface area is 128 Å². The molecule has 4 heteroatoms. The van der Waals surface area contributed by atoms with Gasteiger partial charge in [0.25, 0.3) is 0 Å². The largest absolute Gasteiger partial charge is 0.496 e. The number of piperazine rings is 1. The van der Waals surface area contributed by atoms with Gasteiger partial charge < -0.3 is 15.0 Å². The van der Waals surface area contributed by atoms with E-state index < -0.39 is 0 Å². The van der Waals surface area contributed by atoms with Crippen LogP contribution in [0.1, 0.15) is 29.7 Å². The Morgan fingerprint density at radius 3 is 2.71 bits per heavy atom. The Hall–Kier alpha value is -1.10. The summed E-state index contributed by atoms with van der Waals surface area (Å²) in [5.41, 5.74) is 4.24. The van der Waals surface area contributed by atoms with Crippen LogP contribution in [0.2, 0.25) is 0 Å². The van der Waals surface area contributed by atoms with E-state index in [2.05, 4.69) is 41.2 Å². The maximum absolute atomic E-state index is 5.66. The maximum Gasteiger partial charge on any atom is 0.123 e. The summed E-state index contributed by atoms with van der Waals surface area (Å²) in [6, 6.07) is 5.06. The van der Waals surface area contributed by atoms with Gasteiger partial charge in [0, 0.05) is 44.3 Å². The zero-order chi connectivity index (χ0) is 14.8. The third-order valence-corrected chi connectivity index (χ3v) is 4.84. The highest BCUT2D eigenvalue weighted by Crippen LogP contribution is 2.31. The van der Waals surface area contributed by atoms with Gasteiger partial charge in [-0.15, -0.1) is 0 Å². The minimum atomic E-state index is 0.431. The van der Waals surface area contributed by atoms with E-state index in [0.29, 0.717) is 6.04 Å². The van der Waals surface area contributed by atoms with Gasteiger partial charge in [-0.05, 0) is 44.1 Å². The number of likely N-dealkylation sites (N-methyl/N-ethyl adjacent to an activating group) is 1. The molecule has 2 aliphatic rings. The third-order valence-electron chi connectivity index (χ3n) is 4.84. The fourth-order valence-electron chi connectivity index (χ4n) is 3.40. The highest BCUT2D eigenvalue weighted by Gasteiger charge is 2.21. The van der Waals surface area contributed by atoms with E-state index >= 15 is 0 Å². The molecule has 1 aromatic rings. The molecule has 0 radical (unpaired) electrons. The lowest BCUT2D eigenvalue weighted by molar-refractivity contribution is 0.147. The van der Waals surface area contributed by atoms with Gasteiger partial charge in [-0.25, -0.2) is 0 Å². The van der Waals surface area contributed by atoms with Crippen LogP contribution < -0.4 is 10.1 Å². The predicted molar refractivity (Wildman–Crippen MR) is 85.9 cm³/mol. The average Bonchev–Trinajstić information content (AvgIpc) is 2.49. The monoisotopic (exact) mass is 289 g/mol. The molecule has 0 aromatic heterocycles. The van der Waals surface area contributed by atoms with Crippen LogP contribution in [-0.4, -0.2) is 56.7 Å². The molecule has 0 spiro atoms. The van der Waals surface area contributed by atoms with Crippen molar-refractivity contribution in [1.82, 2.24) is 15.1 Å². The Morgan fingerprint density at radius 1 is 1.24 bits per heavy atom. The van der Waals surface area contributed by atoms with Crippen molar-refractivity contribution in [2.24, 2.45) is 0 Å². The molecule has 1 N–H and O–H groups in total. The lowest BCUT2D eigenvalue weighted by Gasteiger charge is -2.33. The average molecular weight is 289 g/mol. The highest BCUT2D eigenvalue weighted by molar-refractivity contribution is 5.45. The molecule has 1 atom stereocenters. The Kier molecular flexibility index (Phi) is 4.48. The molecule has 116 valence electrons. The number of rotatable bonds is 3. The van der Waals surface area contributed by atoms with Crippen LogP contribution in [0.25, 0.3) is 0 Å². The summed E-state index contributed by atoms with van der Waals surface area (Å²) in [7, 11) is 3.99. The van der Waals surface area contributed by atoms with Crippen molar-refractivity contribution >= 4 is 0 Å². The topological polar surface area (TPSA) is 27.7 Å². The van der Waals surface area contributed by atoms with Crippen molar-refractivity contribution in [2.45, 2.75) is 25.9 Å². The smallest absolute Gasteiger partial charge is 0.123 e. The second-order valence-electron chi connectivity index (χ2n) is 6.37. The first kappa shape index (κ1) is 14.8. The predicted octanol–water partition coefficient (Wildman–Crippen LogP) is 1.65. The van der Waals surface area contributed by atoms with Gasteiger partial charge in [0.05, 0.1) is 7.11 Å². The van der Waals surface area contributed by atoms with Crippen LogP contribution in [0.3, 0.4) is 0 Å². The zero-order valence-corrected chi connectivity index (χ0v) is 13.5. The van der Waals surface area contributed by atoms with Crippen molar-refractivity contribution in [2.75, 3.05) is 46.9 Å². The first-order valence-corrected chi connectivity index (χ1v) is 8.01. The number of hydrogen-bond donors (Lipinski definition) is 1. The zero-order valence-electron chi connectivity index (χ0n) is 13.5. The lowest BCUT2D eigenvalue weighted by Crippen LogP contribution is -2.44. The van der Waals surface area contributed by atoms with E-state index in [-0.39, 0.29) is 0 Å². The van der Waals surface area contributed by atoms with Crippen molar-refractivity contribution in [3.8, 4) is 5.75 Å². The van der Waals surface area contributed by atoms with Crippen molar-refractivity contribution in [3.63, 3.8) is 0 Å². The summed E-state index contributed by atoms with van der Waals surface area (Å²) in [6.07, 6.45) is 1.12. The molecule has 21 heavy (non-hydrogen) atoms. The highest BCUT2D eigenvalue weighted by atomic mass is 16.5. The minimum Gasteiger partial charge on any atom is -0.496 e. The minimum absolute atomic E-state index is 0.431. The Balaban J connectivity index is 1.81. The Morgan fingerprint density at radius 2 is 2.00 bits per heavy atom. The molecule has 0 amide bonds. The van der Waals surface area contributed by atoms with Gasteiger partial charge in [0.2, 0.25) is 0 Å². The SMILES string of the molecule is COc1cc2c(cc1CN1CCN(C)CC1)CCNC2C. The molecular weight excluding hydrogens is 262 g/mol. The van der Waals surface area contributed by atoms with Gasteiger partial charge in [-0.2, -0.15) is 0 Å². The molecule has 0 bridgehead atoms. The fourth-order valence-corrected chi connectivity index (χ4v) is 3.40. The fraction of sp³-hybridized carbons (Fsp3) is 0.647. The van der Waals surface area contributed by atoms with Crippen LogP contribution in [0.5, 0.6) is 5.75 Å². The van der Waals surface area contributed by atoms with Gasteiger partial charge in [-0.3, -0.25) is 4.90 Å². The van der Waals surface area contributed by atoms with E-state index in [9.17, 15) is 0 Å². The maximum atomic E-state index is 5.66. The van der Waals surface area contributed by atoms with E-state index in [4.69, 9.17) is 4.74 Å². The van der Waals surface area contributed by atoms with Crippen LogP contribution >= 0.6 is 0 Å². The van der Waals surface area contributed by atoms with E-state index in [1.807, 2.05) is 0 Å². The number of nitrogens with zero attached hydrogens (tertiary/aromatic N) is 2. The molecule has 0 aliphatic carbocycles. The summed E-state index contributed by atoms with van der Waals surface area (Å²) in [6.45, 7) is 8.93. The van der Waals surface area contributed by atoms with Gasteiger partial charge >= 0.3 is 0 Å². The number of fused-ring (bicyclic) bond motifs is 1. The molecule has 1 fully saturated rings. The molecule has 0 saturated carbocycles. The Bertz CT molecular complexity index is 495. The van der Waals surface area contributed by atoms with E-state index in [1.165, 1.54) is 16.7 Å². The van der Waals surface area contributed by atoms with Crippen molar-refractivity contribution < 1.29 is 4.74 Å². The summed E-state index contributed by atoms with van der Waals surface area (Å²) in [5.74, 6) is 1.04. The van der Waals surface area contributed by atoms with Gasteiger partial charge in [0.15, 0.2) is 0 Å². The molecule has 3 rings (SSSR count). The van der Waals surface area contributed by atoms with Crippen LogP contribution in [-0.2, 0) is 13.0 Å². The number of methoxy groups -OCH3 is 1. The first-order chi connectivity index (χ1) is 10.2. The van der Waals surface area contributed by atoms with Crippen LogP contribution in [0.4, 0.5) is 0 Å². The molecule has 2 aliphatic heterocycles. The molecular formula is C17H27N3O. The number of ether oxygens (including phenoxy) is 1. The van der Waals surface area contributed by atoms with Crippen LogP contribution in [0.15, 0.2) is 12.1 Å². The number of hydrogen-bond acceptors (Lipinski definition) is 4. The first-order valence-electron chi connectivity index (χ1n) is 8.01. The quantitative estimate of drug-likeness (QED) is 0.916. The standard InChI is InChI=1S/C17H27N3O/c1-13-16-11-17(21-3)15(10-14(16)4-5-18-13)12-20-8-6-19(2)7-9-20/h10-11,13,18H,4-9,12H2,1-3H3. The van der Waals surface area contributed by atoms with Crippen LogP contribution in [0, 0.1) is 0 Å². The second-order valence-corrected chi connectivity index (χ2v) is 6.37. The molecule has 1 saturated heterocycles. The number of nitrogens with one attached hydrogen (secondary N) is 1. The van der Waals surface area contributed by atoms with Gasteiger partial charge in [-0.1, -0.05) is 6.07 Å². The summed E-state index contributed by atoms with van der Waals surface area (Å²) in [5, 5.41) is 3.52. The van der Waals surface area contributed by atoms with Crippen molar-refractivity contribution in [1.29, 1.82) is 0 Å². The third kappa shape index (κ3) is 3.23. The molecule has 2 heterocycles. The second kappa shape index (κ2) is 6.34. The molecule has 1 aromatic carbocycles. The lowest BCUT2D eigenvalue weighted by atomic mass is 9.92. The van der Waals surface area contributed by atoms with Gasteiger partial charge in [0.1, 0.15) is 5.75 Å². The van der Waals surface area contributed by atoms with E-state index in [0.717, 1.165) is 51.4 Å². The summed E-state index contributed by atoms with van der Waals surface area (Å²) in [4.78, 5) is 4.93. The number of benzene rings is 1. The normalized spacial score (nSPS) is 23.9.